The zero-order chi connectivity index (χ0) is 21.4. The van der Waals surface area contributed by atoms with Gasteiger partial charge in [0, 0.05) is 44.9 Å². The molecule has 29 heavy (non-hydrogen) atoms. The summed E-state index contributed by atoms with van der Waals surface area (Å²) in [4.78, 5) is 44.6. The van der Waals surface area contributed by atoms with E-state index in [4.69, 9.17) is 24.2 Å². The fourth-order valence-corrected chi connectivity index (χ4v) is 2.65. The van der Waals surface area contributed by atoms with Crippen LogP contribution in [0.4, 0.5) is 5.69 Å². The largest absolute Gasteiger partial charge is 0.473 e. The Balaban J connectivity index is 0.000000438. The van der Waals surface area contributed by atoms with Gasteiger partial charge in [0.1, 0.15) is 0 Å². The summed E-state index contributed by atoms with van der Waals surface area (Å²) in [6.07, 6.45) is 1.50. The zero-order valence-corrected chi connectivity index (χ0v) is 15.3. The second kappa shape index (κ2) is 9.99. The Bertz CT molecular complexity index is 844. The highest BCUT2D eigenvalue weighted by Crippen LogP contribution is 2.15. The maximum atomic E-state index is 12.2. The van der Waals surface area contributed by atoms with E-state index in [1.165, 1.54) is 18.4 Å². The number of furan rings is 1. The molecule has 1 aliphatic rings. The van der Waals surface area contributed by atoms with Crippen LogP contribution in [0.1, 0.15) is 16.1 Å². The molecule has 0 saturated carbocycles. The molecule has 11 nitrogen and oxygen atoms in total. The van der Waals surface area contributed by atoms with Crippen molar-refractivity contribution in [2.24, 2.45) is 0 Å². The molecule has 2 aromatic rings. The summed E-state index contributed by atoms with van der Waals surface area (Å²) < 4.78 is 5.14. The summed E-state index contributed by atoms with van der Waals surface area (Å²) in [5, 5.41) is 25.4. The van der Waals surface area contributed by atoms with Crippen LogP contribution in [0.15, 0.2) is 47.1 Å². The summed E-state index contributed by atoms with van der Waals surface area (Å²) in [5.74, 6) is -3.36. The maximum absolute atomic E-state index is 12.2. The van der Waals surface area contributed by atoms with Gasteiger partial charge >= 0.3 is 11.9 Å². The van der Waals surface area contributed by atoms with Crippen LogP contribution in [0.5, 0.6) is 0 Å². The van der Waals surface area contributed by atoms with E-state index >= 15 is 0 Å². The van der Waals surface area contributed by atoms with E-state index in [1.54, 1.807) is 29.2 Å². The number of hydrogen-bond acceptors (Lipinski definition) is 7. The van der Waals surface area contributed by atoms with Gasteiger partial charge in [-0.2, -0.15) is 0 Å². The number of amides is 1. The highest BCUT2D eigenvalue weighted by atomic mass is 16.6. The van der Waals surface area contributed by atoms with Crippen molar-refractivity contribution in [2.45, 2.75) is 6.54 Å². The summed E-state index contributed by atoms with van der Waals surface area (Å²) in [6.45, 7) is 3.55. The van der Waals surface area contributed by atoms with Crippen molar-refractivity contribution in [3.8, 4) is 0 Å². The van der Waals surface area contributed by atoms with Crippen molar-refractivity contribution >= 4 is 23.5 Å². The molecule has 2 N–H and O–H groups in total. The molecule has 1 amide bonds. The van der Waals surface area contributed by atoms with Crippen molar-refractivity contribution in [3.63, 3.8) is 0 Å². The second-order valence-corrected chi connectivity index (χ2v) is 6.08. The number of benzene rings is 1. The molecular weight excluding hydrogens is 386 g/mol. The Hall–Kier alpha value is -3.73. The normalized spacial score (nSPS) is 13.9. The van der Waals surface area contributed by atoms with Gasteiger partial charge in [-0.05, 0) is 17.7 Å². The number of carbonyl (C=O) groups is 3. The smallest absolute Gasteiger partial charge is 0.414 e. The van der Waals surface area contributed by atoms with Crippen molar-refractivity contribution in [1.82, 2.24) is 9.80 Å². The predicted octanol–water partition coefficient (Wildman–Crippen LogP) is 1.30. The minimum Gasteiger partial charge on any atom is -0.473 e. The topological polar surface area (TPSA) is 154 Å². The van der Waals surface area contributed by atoms with Crippen LogP contribution >= 0.6 is 0 Å². The molecule has 0 radical (unpaired) electrons. The number of aliphatic carboxylic acids is 2. The van der Waals surface area contributed by atoms with Crippen LogP contribution in [-0.4, -0.2) is 69.0 Å². The van der Waals surface area contributed by atoms with E-state index in [0.29, 0.717) is 18.8 Å². The van der Waals surface area contributed by atoms with Gasteiger partial charge in [0.15, 0.2) is 5.76 Å². The third kappa shape index (κ3) is 6.43. The average Bonchev–Trinajstić information content (AvgIpc) is 3.24. The number of non-ortho nitro benzene ring substituents is 1. The van der Waals surface area contributed by atoms with Crippen LogP contribution in [0.25, 0.3) is 0 Å². The monoisotopic (exact) mass is 405 g/mol. The lowest BCUT2D eigenvalue weighted by Crippen LogP contribution is -2.48. The van der Waals surface area contributed by atoms with E-state index < -0.39 is 16.9 Å². The van der Waals surface area contributed by atoms with Crippen LogP contribution in [0, 0.1) is 10.1 Å². The third-order valence-electron chi connectivity index (χ3n) is 4.13. The Labute approximate surface area is 164 Å². The van der Waals surface area contributed by atoms with Gasteiger partial charge < -0.3 is 19.5 Å². The number of piperazine rings is 1. The van der Waals surface area contributed by atoms with Gasteiger partial charge in [0.2, 0.25) is 0 Å². The fraction of sp³-hybridized carbons (Fsp3) is 0.278. The van der Waals surface area contributed by atoms with E-state index in [-0.39, 0.29) is 11.6 Å². The van der Waals surface area contributed by atoms with Crippen LogP contribution < -0.4 is 0 Å². The molecule has 0 unspecified atom stereocenters. The van der Waals surface area contributed by atoms with Crippen molar-refractivity contribution in [2.75, 3.05) is 26.2 Å². The lowest BCUT2D eigenvalue weighted by Gasteiger charge is -2.34. The summed E-state index contributed by atoms with van der Waals surface area (Å²) in [7, 11) is 0. The number of carbonyl (C=O) groups excluding carboxylic acids is 1. The Morgan fingerprint density at radius 3 is 2.03 bits per heavy atom. The molecule has 154 valence electrons. The lowest BCUT2D eigenvalue weighted by molar-refractivity contribution is -0.384. The first kappa shape index (κ1) is 21.6. The van der Waals surface area contributed by atoms with Crippen molar-refractivity contribution < 1.29 is 33.9 Å². The molecule has 0 bridgehead atoms. The molecular formula is C18H19N3O8. The maximum Gasteiger partial charge on any atom is 0.414 e. The highest BCUT2D eigenvalue weighted by molar-refractivity contribution is 6.27. The third-order valence-corrected chi connectivity index (χ3v) is 4.13. The first-order valence-electron chi connectivity index (χ1n) is 8.52. The molecule has 3 rings (SSSR count). The second-order valence-electron chi connectivity index (χ2n) is 6.08. The van der Waals surface area contributed by atoms with E-state index in [2.05, 4.69) is 4.90 Å². The van der Waals surface area contributed by atoms with Crippen LogP contribution in [0.3, 0.4) is 0 Å². The minimum absolute atomic E-state index is 0.0787. The van der Waals surface area contributed by atoms with Gasteiger partial charge in [-0.3, -0.25) is 19.8 Å². The molecule has 1 aromatic heterocycles. The molecule has 1 aliphatic heterocycles. The number of nitrogens with zero attached hydrogens (tertiary/aromatic N) is 3. The quantitative estimate of drug-likeness (QED) is 0.435. The summed E-state index contributed by atoms with van der Waals surface area (Å²) in [6, 6.07) is 9.97. The van der Waals surface area contributed by atoms with Gasteiger partial charge in [-0.25, -0.2) is 9.59 Å². The molecule has 1 aromatic carbocycles. The van der Waals surface area contributed by atoms with E-state index in [9.17, 15) is 14.9 Å². The Morgan fingerprint density at radius 2 is 1.59 bits per heavy atom. The SMILES string of the molecule is O=C(O)C(=O)O.O=C(c1ccco1)N1CCN(Cc2ccc([N+](=O)[O-])cc2)CC1. The van der Waals surface area contributed by atoms with Gasteiger partial charge in [-0.1, -0.05) is 12.1 Å². The molecule has 2 heterocycles. The van der Waals surface area contributed by atoms with Gasteiger partial charge in [0.05, 0.1) is 11.2 Å². The number of rotatable bonds is 4. The van der Waals surface area contributed by atoms with Gasteiger partial charge in [-0.15, -0.1) is 0 Å². The zero-order valence-electron chi connectivity index (χ0n) is 15.3. The minimum atomic E-state index is -1.82. The fourth-order valence-electron chi connectivity index (χ4n) is 2.65. The van der Waals surface area contributed by atoms with Crippen LogP contribution in [-0.2, 0) is 16.1 Å². The van der Waals surface area contributed by atoms with E-state index in [0.717, 1.165) is 25.2 Å². The first-order valence-corrected chi connectivity index (χ1v) is 8.52. The summed E-state index contributed by atoms with van der Waals surface area (Å²) in [5.41, 5.74) is 1.13. The first-order chi connectivity index (χ1) is 13.8. The standard InChI is InChI=1S/C16H17N3O4.C2H2O4/c20-16(15-2-1-11-23-15)18-9-7-17(8-10-18)12-13-3-5-14(6-4-13)19(21)22;3-1(4)2(5)6/h1-6,11H,7-10,12H2;(H,3,4)(H,5,6). The number of hydrogen-bond donors (Lipinski definition) is 2. The average molecular weight is 405 g/mol. The van der Waals surface area contributed by atoms with Crippen molar-refractivity contribution in [3.05, 3.63) is 64.1 Å². The number of nitro benzene ring substituents is 1. The van der Waals surface area contributed by atoms with E-state index in [1.807, 2.05) is 0 Å². The number of carboxylic acid groups (broad SMARTS) is 2. The van der Waals surface area contributed by atoms with Crippen LogP contribution in [0.2, 0.25) is 0 Å². The number of carboxylic acids is 2. The lowest BCUT2D eigenvalue weighted by atomic mass is 10.2. The Kier molecular flexibility index (Phi) is 7.43. The summed E-state index contributed by atoms with van der Waals surface area (Å²) >= 11 is 0. The predicted molar refractivity (Wildman–Crippen MR) is 98.3 cm³/mol. The molecule has 0 atom stereocenters. The molecule has 0 spiro atoms. The molecule has 0 aliphatic carbocycles. The highest BCUT2D eigenvalue weighted by Gasteiger charge is 2.23. The Morgan fingerprint density at radius 1 is 1.00 bits per heavy atom. The molecule has 1 fully saturated rings. The van der Waals surface area contributed by atoms with Gasteiger partial charge in [0.25, 0.3) is 11.6 Å². The number of nitro groups is 1. The molecule has 1 saturated heterocycles. The molecule has 11 heteroatoms. The van der Waals surface area contributed by atoms with Crippen molar-refractivity contribution in [1.29, 1.82) is 0 Å².